The van der Waals surface area contributed by atoms with Crippen LogP contribution in [0.4, 0.5) is 0 Å². The Bertz CT molecular complexity index is 704. The van der Waals surface area contributed by atoms with Crippen molar-refractivity contribution in [2.45, 2.75) is 32.0 Å². The summed E-state index contributed by atoms with van der Waals surface area (Å²) < 4.78 is 17.3. The number of methoxy groups -OCH3 is 1. The molecule has 2 N–H and O–H groups in total. The lowest BCUT2D eigenvalue weighted by Gasteiger charge is -2.26. The fourth-order valence-corrected chi connectivity index (χ4v) is 3.04. The van der Waals surface area contributed by atoms with Crippen LogP contribution in [0.2, 0.25) is 0 Å². The molecule has 1 heterocycles. The molecule has 0 aliphatic carbocycles. The highest BCUT2D eigenvalue weighted by Gasteiger charge is 2.20. The van der Waals surface area contributed by atoms with E-state index in [1.807, 2.05) is 36.4 Å². The molecular formula is C21H27NO4. The molecule has 5 heteroatoms. The summed E-state index contributed by atoms with van der Waals surface area (Å²) in [4.78, 5) is 0. The fourth-order valence-electron chi connectivity index (χ4n) is 3.04. The van der Waals surface area contributed by atoms with Gasteiger partial charge in [-0.25, -0.2) is 0 Å². The van der Waals surface area contributed by atoms with Crippen molar-refractivity contribution in [2.75, 3.05) is 26.8 Å². The molecule has 0 spiro atoms. The van der Waals surface area contributed by atoms with Gasteiger partial charge >= 0.3 is 0 Å². The minimum Gasteiger partial charge on any atom is -0.497 e. The maximum Gasteiger partial charge on any atom is 0.126 e. The van der Waals surface area contributed by atoms with Crippen molar-refractivity contribution in [1.82, 2.24) is 5.32 Å². The van der Waals surface area contributed by atoms with E-state index in [-0.39, 0.29) is 12.7 Å². The van der Waals surface area contributed by atoms with E-state index in [1.54, 1.807) is 7.11 Å². The van der Waals surface area contributed by atoms with E-state index in [9.17, 15) is 0 Å². The number of ether oxygens (including phenoxy) is 3. The molecule has 26 heavy (non-hydrogen) atoms. The van der Waals surface area contributed by atoms with Crippen LogP contribution in [0, 0.1) is 0 Å². The molecule has 2 aromatic rings. The summed E-state index contributed by atoms with van der Waals surface area (Å²) in [5, 5.41) is 12.2. The third kappa shape index (κ3) is 5.13. The summed E-state index contributed by atoms with van der Waals surface area (Å²) in [5.74, 6) is 2.55. The molecule has 3 rings (SSSR count). The van der Waals surface area contributed by atoms with Crippen LogP contribution in [-0.4, -0.2) is 38.0 Å². The van der Waals surface area contributed by atoms with Crippen molar-refractivity contribution in [3.8, 4) is 17.2 Å². The highest BCUT2D eigenvalue weighted by atomic mass is 16.5. The second kappa shape index (κ2) is 9.46. The highest BCUT2D eigenvalue weighted by Crippen LogP contribution is 2.31. The summed E-state index contributed by atoms with van der Waals surface area (Å²) in [7, 11) is 1.66. The van der Waals surface area contributed by atoms with Gasteiger partial charge in [-0.05, 0) is 55.1 Å². The van der Waals surface area contributed by atoms with Crippen molar-refractivity contribution < 1.29 is 19.3 Å². The van der Waals surface area contributed by atoms with Gasteiger partial charge in [-0.1, -0.05) is 18.2 Å². The Labute approximate surface area is 154 Å². The molecule has 0 amide bonds. The number of hydrogen-bond donors (Lipinski definition) is 2. The lowest BCUT2D eigenvalue weighted by atomic mass is 10.0. The quantitative estimate of drug-likeness (QED) is 0.676. The Kier molecular flexibility index (Phi) is 6.75. The van der Waals surface area contributed by atoms with Crippen LogP contribution in [0.1, 0.15) is 24.0 Å². The largest absolute Gasteiger partial charge is 0.497 e. The number of rotatable bonds is 9. The average molecular weight is 357 g/mol. The standard InChI is InChI=1S/C21H27NO4/c1-24-18-5-2-4-16(12-18)15-25-19-8-6-17-7-9-20(26-21(17)13-19)14-22-10-3-11-23/h2,4-6,8,12-13,20,22-23H,3,7,9-11,14-15H2,1H3. The summed E-state index contributed by atoms with van der Waals surface area (Å²) >= 11 is 0. The van der Waals surface area contributed by atoms with Gasteiger partial charge in [0.05, 0.1) is 7.11 Å². The molecule has 1 atom stereocenters. The number of benzene rings is 2. The third-order valence-electron chi connectivity index (χ3n) is 4.49. The molecule has 140 valence electrons. The minimum absolute atomic E-state index is 0.162. The summed E-state index contributed by atoms with van der Waals surface area (Å²) in [5.41, 5.74) is 2.29. The van der Waals surface area contributed by atoms with Gasteiger partial charge in [0, 0.05) is 19.2 Å². The second-order valence-electron chi connectivity index (χ2n) is 6.47. The van der Waals surface area contributed by atoms with Gasteiger partial charge < -0.3 is 24.6 Å². The number of aryl methyl sites for hydroxylation is 1. The van der Waals surface area contributed by atoms with Crippen LogP contribution in [0.5, 0.6) is 17.2 Å². The van der Waals surface area contributed by atoms with Crippen molar-refractivity contribution in [2.24, 2.45) is 0 Å². The lowest BCUT2D eigenvalue weighted by molar-refractivity contribution is 0.168. The Morgan fingerprint density at radius 3 is 2.96 bits per heavy atom. The molecule has 0 fully saturated rings. The predicted molar refractivity (Wildman–Crippen MR) is 101 cm³/mol. The van der Waals surface area contributed by atoms with Crippen LogP contribution in [0.15, 0.2) is 42.5 Å². The van der Waals surface area contributed by atoms with Gasteiger partial charge in [0.15, 0.2) is 0 Å². The smallest absolute Gasteiger partial charge is 0.126 e. The number of aliphatic hydroxyl groups excluding tert-OH is 1. The molecule has 0 saturated carbocycles. The van der Waals surface area contributed by atoms with Crippen molar-refractivity contribution in [3.63, 3.8) is 0 Å². The Morgan fingerprint density at radius 1 is 1.19 bits per heavy atom. The Hall–Kier alpha value is -2.24. The van der Waals surface area contributed by atoms with Crippen molar-refractivity contribution >= 4 is 0 Å². The molecule has 0 bridgehead atoms. The van der Waals surface area contributed by atoms with Crippen LogP contribution in [-0.2, 0) is 13.0 Å². The summed E-state index contributed by atoms with van der Waals surface area (Å²) in [6.45, 7) is 2.32. The van der Waals surface area contributed by atoms with E-state index < -0.39 is 0 Å². The normalized spacial score (nSPS) is 15.8. The number of hydrogen-bond acceptors (Lipinski definition) is 5. The van der Waals surface area contributed by atoms with E-state index in [1.165, 1.54) is 5.56 Å². The van der Waals surface area contributed by atoms with E-state index in [4.69, 9.17) is 19.3 Å². The maximum atomic E-state index is 8.83. The van der Waals surface area contributed by atoms with Crippen LogP contribution in [0.3, 0.4) is 0 Å². The Balaban J connectivity index is 1.56. The zero-order valence-corrected chi connectivity index (χ0v) is 15.2. The molecule has 0 saturated heterocycles. The van der Waals surface area contributed by atoms with Crippen molar-refractivity contribution in [1.29, 1.82) is 0 Å². The van der Waals surface area contributed by atoms with Gasteiger partial charge in [-0.15, -0.1) is 0 Å². The second-order valence-corrected chi connectivity index (χ2v) is 6.47. The molecule has 1 aliphatic heterocycles. The average Bonchev–Trinajstić information content (AvgIpc) is 2.69. The Morgan fingerprint density at radius 2 is 2.12 bits per heavy atom. The number of fused-ring (bicyclic) bond motifs is 1. The maximum absolute atomic E-state index is 8.83. The van der Waals surface area contributed by atoms with Gasteiger partial charge in [0.1, 0.15) is 30.0 Å². The van der Waals surface area contributed by atoms with Gasteiger partial charge in [-0.2, -0.15) is 0 Å². The van der Waals surface area contributed by atoms with Crippen molar-refractivity contribution in [3.05, 3.63) is 53.6 Å². The van der Waals surface area contributed by atoms with E-state index in [0.717, 1.165) is 55.2 Å². The van der Waals surface area contributed by atoms with E-state index >= 15 is 0 Å². The zero-order valence-electron chi connectivity index (χ0n) is 15.2. The van der Waals surface area contributed by atoms with Gasteiger partial charge in [0.2, 0.25) is 0 Å². The number of nitrogens with one attached hydrogen (secondary N) is 1. The molecular weight excluding hydrogens is 330 g/mol. The third-order valence-corrected chi connectivity index (χ3v) is 4.49. The van der Waals surface area contributed by atoms with Crippen LogP contribution < -0.4 is 19.5 Å². The molecule has 1 aliphatic rings. The lowest BCUT2D eigenvalue weighted by Crippen LogP contribution is -2.34. The van der Waals surface area contributed by atoms with Crippen LogP contribution in [0.25, 0.3) is 0 Å². The minimum atomic E-state index is 0.162. The SMILES string of the molecule is COc1cccc(COc2ccc3c(c2)OC(CNCCCO)CC3)c1. The topological polar surface area (TPSA) is 60.0 Å². The van der Waals surface area contributed by atoms with Gasteiger partial charge in [0.25, 0.3) is 0 Å². The molecule has 2 aromatic carbocycles. The molecule has 0 aromatic heterocycles. The predicted octanol–water partition coefficient (Wildman–Crippen LogP) is 2.94. The first-order valence-electron chi connectivity index (χ1n) is 9.15. The first-order chi connectivity index (χ1) is 12.8. The van der Waals surface area contributed by atoms with E-state index in [0.29, 0.717) is 6.61 Å². The first kappa shape index (κ1) is 18.5. The highest BCUT2D eigenvalue weighted by molar-refractivity contribution is 5.42. The monoisotopic (exact) mass is 357 g/mol. The van der Waals surface area contributed by atoms with Crippen LogP contribution >= 0.6 is 0 Å². The van der Waals surface area contributed by atoms with E-state index in [2.05, 4.69) is 11.4 Å². The molecule has 0 radical (unpaired) electrons. The zero-order chi connectivity index (χ0) is 18.2. The van der Waals surface area contributed by atoms with Gasteiger partial charge in [-0.3, -0.25) is 0 Å². The first-order valence-corrected chi connectivity index (χ1v) is 9.15. The summed E-state index contributed by atoms with van der Waals surface area (Å²) in [6.07, 6.45) is 2.95. The summed E-state index contributed by atoms with van der Waals surface area (Å²) in [6, 6.07) is 13.9. The molecule has 5 nitrogen and oxygen atoms in total. The number of aliphatic hydroxyl groups is 1. The molecule has 1 unspecified atom stereocenters. The fraction of sp³-hybridized carbons (Fsp3) is 0.429.